The van der Waals surface area contributed by atoms with E-state index in [4.69, 9.17) is 10.3 Å². The van der Waals surface area contributed by atoms with E-state index in [2.05, 4.69) is 27.0 Å². The molecule has 1 unspecified atom stereocenters. The molecule has 8 nitrogen and oxygen atoms in total. The molecule has 1 aromatic carbocycles. The van der Waals surface area contributed by atoms with Gasteiger partial charge in [-0.3, -0.25) is 9.78 Å². The molecule has 3 heterocycles. The summed E-state index contributed by atoms with van der Waals surface area (Å²) in [5.41, 5.74) is 8.99. The number of imidazole rings is 1. The molecule has 0 aliphatic heterocycles. The van der Waals surface area contributed by atoms with Crippen molar-refractivity contribution in [3.63, 3.8) is 0 Å². The number of aliphatic hydroxyl groups excluding tert-OH is 1. The summed E-state index contributed by atoms with van der Waals surface area (Å²) in [6.45, 7) is 2.13. The summed E-state index contributed by atoms with van der Waals surface area (Å²) in [7, 11) is 0. The van der Waals surface area contributed by atoms with Gasteiger partial charge in [-0.2, -0.15) is 0 Å². The Labute approximate surface area is 184 Å². The third-order valence-electron chi connectivity index (χ3n) is 4.71. The number of hydrogen-bond donors (Lipinski definition) is 2. The molecular formula is C24H21N5O3. The van der Waals surface area contributed by atoms with Crippen LogP contribution in [0.25, 0.3) is 11.3 Å². The Balaban J connectivity index is 1.43. The molecule has 0 spiro atoms. The predicted octanol–water partition coefficient (Wildman–Crippen LogP) is 2.46. The van der Waals surface area contributed by atoms with Crippen LogP contribution in [-0.2, 0) is 17.8 Å². The van der Waals surface area contributed by atoms with Crippen molar-refractivity contribution in [3.05, 3.63) is 89.4 Å². The van der Waals surface area contributed by atoms with Gasteiger partial charge < -0.3 is 19.9 Å². The summed E-state index contributed by atoms with van der Waals surface area (Å²) in [5.74, 6) is 6.95. The zero-order valence-corrected chi connectivity index (χ0v) is 17.4. The Bertz CT molecular complexity index is 1280. The number of carbonyl (C=O) groups excluding carboxylic acids is 1. The number of nitrogens with two attached hydrogens (primary N) is 1. The highest BCUT2D eigenvalue weighted by atomic mass is 16.5. The Morgan fingerprint density at radius 3 is 2.56 bits per heavy atom. The van der Waals surface area contributed by atoms with Crippen molar-refractivity contribution >= 4 is 5.91 Å². The number of hydrogen-bond acceptors (Lipinski definition) is 6. The van der Waals surface area contributed by atoms with E-state index in [1.165, 1.54) is 0 Å². The zero-order chi connectivity index (χ0) is 22.5. The Kier molecular flexibility index (Phi) is 6.10. The van der Waals surface area contributed by atoms with Gasteiger partial charge in [-0.25, -0.2) is 4.98 Å². The third-order valence-corrected chi connectivity index (χ3v) is 4.71. The maximum atomic E-state index is 10.9. The van der Waals surface area contributed by atoms with Crippen molar-refractivity contribution in [2.45, 2.75) is 26.0 Å². The first-order valence-electron chi connectivity index (χ1n) is 9.98. The van der Waals surface area contributed by atoms with Gasteiger partial charge in [0.1, 0.15) is 17.6 Å². The quantitative estimate of drug-likeness (QED) is 0.456. The van der Waals surface area contributed by atoms with Gasteiger partial charge in [0, 0.05) is 47.0 Å². The van der Waals surface area contributed by atoms with Gasteiger partial charge in [-0.05, 0) is 43.3 Å². The average molecular weight is 427 g/mol. The van der Waals surface area contributed by atoms with Crippen molar-refractivity contribution in [1.29, 1.82) is 0 Å². The minimum Gasteiger partial charge on any atom is -0.385 e. The minimum atomic E-state index is -0.658. The van der Waals surface area contributed by atoms with Gasteiger partial charge in [0.05, 0.1) is 13.0 Å². The fraction of sp³-hybridized carbons (Fsp3) is 0.167. The largest absolute Gasteiger partial charge is 0.385 e. The van der Waals surface area contributed by atoms with E-state index >= 15 is 0 Å². The lowest BCUT2D eigenvalue weighted by atomic mass is 10.1. The molecule has 4 aromatic rings. The Hall–Kier alpha value is -4.22. The van der Waals surface area contributed by atoms with Crippen LogP contribution in [0.5, 0.6) is 0 Å². The van der Waals surface area contributed by atoms with E-state index in [1.54, 1.807) is 31.6 Å². The van der Waals surface area contributed by atoms with E-state index in [-0.39, 0.29) is 6.42 Å². The number of nitrogens with zero attached hydrogens (tertiary/aromatic N) is 4. The van der Waals surface area contributed by atoms with E-state index in [9.17, 15) is 9.90 Å². The Morgan fingerprint density at radius 2 is 1.88 bits per heavy atom. The minimum absolute atomic E-state index is 0.114. The summed E-state index contributed by atoms with van der Waals surface area (Å²) < 4.78 is 7.32. The maximum absolute atomic E-state index is 10.9. The lowest BCUT2D eigenvalue weighted by Crippen LogP contribution is -2.14. The molecule has 32 heavy (non-hydrogen) atoms. The molecule has 0 bridgehead atoms. The van der Waals surface area contributed by atoms with Crippen LogP contribution in [-0.4, -0.2) is 30.7 Å². The molecule has 1 atom stereocenters. The van der Waals surface area contributed by atoms with Crippen LogP contribution in [0, 0.1) is 11.8 Å². The van der Waals surface area contributed by atoms with E-state index in [0.29, 0.717) is 23.8 Å². The van der Waals surface area contributed by atoms with Crippen LogP contribution < -0.4 is 5.73 Å². The van der Waals surface area contributed by atoms with Gasteiger partial charge in [0.2, 0.25) is 5.91 Å². The second kappa shape index (κ2) is 9.29. The summed E-state index contributed by atoms with van der Waals surface area (Å²) in [6, 6.07) is 13.1. The topological polar surface area (TPSA) is 120 Å². The van der Waals surface area contributed by atoms with Crippen molar-refractivity contribution in [1.82, 2.24) is 19.7 Å². The molecule has 4 rings (SSSR count). The number of benzene rings is 1. The fourth-order valence-electron chi connectivity index (χ4n) is 3.16. The van der Waals surface area contributed by atoms with Crippen LogP contribution >= 0.6 is 0 Å². The predicted molar refractivity (Wildman–Crippen MR) is 117 cm³/mol. The van der Waals surface area contributed by atoms with Crippen LogP contribution in [0.15, 0.2) is 65.6 Å². The fourth-order valence-corrected chi connectivity index (χ4v) is 3.16. The number of carbonyl (C=O) groups is 1. The van der Waals surface area contributed by atoms with Crippen LogP contribution in [0.3, 0.4) is 0 Å². The highest BCUT2D eigenvalue weighted by Crippen LogP contribution is 2.22. The highest BCUT2D eigenvalue weighted by Gasteiger charge is 2.12. The van der Waals surface area contributed by atoms with Crippen molar-refractivity contribution in [3.8, 4) is 23.2 Å². The van der Waals surface area contributed by atoms with E-state index in [1.807, 2.05) is 41.0 Å². The Morgan fingerprint density at radius 1 is 1.12 bits per heavy atom. The summed E-state index contributed by atoms with van der Waals surface area (Å²) in [6.07, 6.45) is 4.52. The van der Waals surface area contributed by atoms with Crippen LogP contribution in [0.4, 0.5) is 0 Å². The van der Waals surface area contributed by atoms with Crippen LogP contribution in [0.2, 0.25) is 0 Å². The molecule has 0 saturated heterocycles. The first-order valence-corrected chi connectivity index (χ1v) is 9.98. The number of rotatable bonds is 6. The standard InChI is InChI=1S/C24H21N5O3/c1-16(30)24-26-10-11-29(24)15-21-12-22(32-28-21)19-7-4-17(5-8-19)2-3-18-6-9-20(27-14-18)13-23(25)31/h4-12,14,16,30H,13,15H2,1H3,(H2,25,31). The summed E-state index contributed by atoms with van der Waals surface area (Å²) >= 11 is 0. The second-order valence-corrected chi connectivity index (χ2v) is 7.28. The van der Waals surface area contributed by atoms with E-state index < -0.39 is 12.0 Å². The number of amides is 1. The molecule has 1 amide bonds. The first kappa shape index (κ1) is 21.0. The lowest BCUT2D eigenvalue weighted by molar-refractivity contribution is -0.117. The molecule has 0 saturated carbocycles. The van der Waals surface area contributed by atoms with Gasteiger partial charge in [-0.15, -0.1) is 0 Å². The highest BCUT2D eigenvalue weighted by molar-refractivity contribution is 5.76. The van der Waals surface area contributed by atoms with Gasteiger partial charge in [0.15, 0.2) is 5.76 Å². The molecule has 0 aliphatic carbocycles. The molecular weight excluding hydrogens is 406 g/mol. The maximum Gasteiger partial charge on any atom is 0.223 e. The monoisotopic (exact) mass is 427 g/mol. The molecule has 160 valence electrons. The number of aliphatic hydroxyl groups is 1. The summed E-state index contributed by atoms with van der Waals surface area (Å²) in [4.78, 5) is 19.3. The molecule has 8 heteroatoms. The van der Waals surface area contributed by atoms with Gasteiger partial charge in [0.25, 0.3) is 0 Å². The van der Waals surface area contributed by atoms with Gasteiger partial charge >= 0.3 is 0 Å². The normalized spacial score (nSPS) is 11.6. The second-order valence-electron chi connectivity index (χ2n) is 7.28. The molecule has 3 N–H and O–H groups in total. The smallest absolute Gasteiger partial charge is 0.223 e. The first-order chi connectivity index (χ1) is 15.5. The number of pyridine rings is 1. The van der Waals surface area contributed by atoms with Crippen molar-refractivity contribution in [2.24, 2.45) is 5.73 Å². The van der Waals surface area contributed by atoms with Crippen molar-refractivity contribution < 1.29 is 14.4 Å². The molecule has 0 aliphatic rings. The zero-order valence-electron chi connectivity index (χ0n) is 17.4. The molecule has 0 fully saturated rings. The van der Waals surface area contributed by atoms with E-state index in [0.717, 1.165) is 22.4 Å². The molecule has 0 radical (unpaired) electrons. The number of primary amides is 1. The number of aromatic nitrogens is 4. The lowest BCUT2D eigenvalue weighted by Gasteiger charge is -2.07. The van der Waals surface area contributed by atoms with Crippen LogP contribution in [0.1, 0.15) is 41.4 Å². The van der Waals surface area contributed by atoms with Gasteiger partial charge in [-0.1, -0.05) is 17.0 Å². The third kappa shape index (κ3) is 5.09. The van der Waals surface area contributed by atoms with Crippen molar-refractivity contribution in [2.75, 3.05) is 0 Å². The average Bonchev–Trinajstić information content (AvgIpc) is 3.43. The molecule has 3 aromatic heterocycles. The summed E-state index contributed by atoms with van der Waals surface area (Å²) in [5, 5.41) is 13.9. The SMILES string of the molecule is CC(O)c1nccn1Cc1cc(-c2ccc(C#Cc3ccc(CC(N)=O)nc3)cc2)on1.